The van der Waals surface area contributed by atoms with Crippen molar-refractivity contribution < 1.29 is 14.3 Å². The van der Waals surface area contributed by atoms with Gasteiger partial charge in [-0.15, -0.1) is 0 Å². The topological polar surface area (TPSA) is 42.0 Å². The molecule has 1 heterocycles. The summed E-state index contributed by atoms with van der Waals surface area (Å²) in [4.78, 5) is 17.9. The SMILES string of the molecule is COc1ccc(C2CCCN2C(=O)CN(Cc2ccccc2)C(C)C2CC2)cc1OC. The van der Waals surface area contributed by atoms with E-state index in [9.17, 15) is 4.79 Å². The predicted octanol–water partition coefficient (Wildman–Crippen LogP) is 4.67. The van der Waals surface area contributed by atoms with E-state index in [0.717, 1.165) is 43.2 Å². The van der Waals surface area contributed by atoms with Gasteiger partial charge in [-0.1, -0.05) is 36.4 Å². The third-order valence-corrected chi connectivity index (χ3v) is 6.81. The Morgan fingerprint density at radius 2 is 1.81 bits per heavy atom. The van der Waals surface area contributed by atoms with Gasteiger partial charge in [-0.05, 0) is 61.8 Å². The van der Waals surface area contributed by atoms with Crippen LogP contribution in [0.5, 0.6) is 11.5 Å². The fourth-order valence-electron chi connectivity index (χ4n) is 4.78. The molecule has 2 aromatic carbocycles. The molecule has 1 aliphatic heterocycles. The fourth-order valence-corrected chi connectivity index (χ4v) is 4.78. The van der Waals surface area contributed by atoms with Crippen molar-refractivity contribution >= 4 is 5.91 Å². The number of hydrogen-bond donors (Lipinski definition) is 0. The number of carbonyl (C=O) groups is 1. The van der Waals surface area contributed by atoms with Crippen LogP contribution in [0.2, 0.25) is 0 Å². The second-order valence-electron chi connectivity index (χ2n) is 8.83. The molecule has 5 heteroatoms. The van der Waals surface area contributed by atoms with Crippen molar-refractivity contribution in [3.63, 3.8) is 0 Å². The van der Waals surface area contributed by atoms with E-state index in [0.29, 0.717) is 18.3 Å². The number of methoxy groups -OCH3 is 2. The van der Waals surface area contributed by atoms with Crippen molar-refractivity contribution in [3.05, 3.63) is 59.7 Å². The lowest BCUT2D eigenvalue weighted by Crippen LogP contribution is -2.44. The van der Waals surface area contributed by atoms with Crippen LogP contribution in [-0.2, 0) is 11.3 Å². The predicted molar refractivity (Wildman–Crippen MR) is 122 cm³/mol. The molecule has 0 N–H and O–H groups in total. The van der Waals surface area contributed by atoms with Crippen molar-refractivity contribution in [2.75, 3.05) is 27.3 Å². The van der Waals surface area contributed by atoms with Crippen molar-refractivity contribution in [1.82, 2.24) is 9.80 Å². The Morgan fingerprint density at radius 1 is 1.06 bits per heavy atom. The lowest BCUT2D eigenvalue weighted by atomic mass is 10.0. The van der Waals surface area contributed by atoms with Crippen LogP contribution in [0.3, 0.4) is 0 Å². The zero-order valence-corrected chi connectivity index (χ0v) is 18.9. The molecular formula is C26H34N2O3. The highest BCUT2D eigenvalue weighted by Crippen LogP contribution is 2.38. The number of amides is 1. The molecule has 1 amide bonds. The fraction of sp³-hybridized carbons (Fsp3) is 0.500. The summed E-state index contributed by atoms with van der Waals surface area (Å²) in [6, 6.07) is 17.0. The molecule has 2 fully saturated rings. The molecule has 1 aliphatic carbocycles. The lowest BCUT2D eigenvalue weighted by molar-refractivity contribution is -0.134. The minimum atomic E-state index is 0.0992. The van der Waals surface area contributed by atoms with E-state index in [1.165, 1.54) is 18.4 Å². The summed E-state index contributed by atoms with van der Waals surface area (Å²) >= 11 is 0. The molecule has 4 rings (SSSR count). The number of rotatable bonds is 9. The molecule has 1 saturated carbocycles. The average Bonchev–Trinajstić information content (AvgIpc) is 3.54. The summed E-state index contributed by atoms with van der Waals surface area (Å²) in [5.74, 6) is 2.37. The van der Waals surface area contributed by atoms with E-state index in [4.69, 9.17) is 9.47 Å². The summed E-state index contributed by atoms with van der Waals surface area (Å²) in [6.07, 6.45) is 4.57. The Kier molecular flexibility index (Phi) is 6.81. The van der Waals surface area contributed by atoms with Crippen molar-refractivity contribution in [1.29, 1.82) is 0 Å². The Bertz CT molecular complexity index is 881. The van der Waals surface area contributed by atoms with Gasteiger partial charge in [0.15, 0.2) is 11.5 Å². The van der Waals surface area contributed by atoms with Crippen LogP contribution in [0.15, 0.2) is 48.5 Å². The van der Waals surface area contributed by atoms with Crippen LogP contribution in [0.4, 0.5) is 0 Å². The third kappa shape index (κ3) is 5.04. The molecule has 31 heavy (non-hydrogen) atoms. The first-order valence-electron chi connectivity index (χ1n) is 11.4. The molecule has 0 bridgehead atoms. The number of nitrogens with zero attached hydrogens (tertiary/aromatic N) is 2. The molecule has 2 aromatic rings. The van der Waals surface area contributed by atoms with Crippen molar-refractivity contribution in [2.24, 2.45) is 5.92 Å². The standard InChI is InChI=1S/C26H34N2O3/c1-19(21-11-12-21)27(17-20-8-5-4-6-9-20)18-26(29)28-15-7-10-23(28)22-13-14-24(30-2)25(16-22)31-3/h4-6,8-9,13-14,16,19,21,23H,7,10-12,15,17-18H2,1-3H3. The van der Waals surface area contributed by atoms with E-state index < -0.39 is 0 Å². The van der Waals surface area contributed by atoms with Crippen molar-refractivity contribution in [2.45, 2.75) is 51.2 Å². The van der Waals surface area contributed by atoms with E-state index in [1.807, 2.05) is 18.2 Å². The lowest BCUT2D eigenvalue weighted by Gasteiger charge is -2.32. The first kappa shape index (κ1) is 21.7. The van der Waals surface area contributed by atoms with E-state index in [2.05, 4.69) is 47.1 Å². The molecule has 2 unspecified atom stereocenters. The number of ether oxygens (including phenoxy) is 2. The minimum absolute atomic E-state index is 0.0992. The molecule has 166 valence electrons. The molecule has 1 saturated heterocycles. The molecule has 0 aromatic heterocycles. The molecule has 5 nitrogen and oxygen atoms in total. The highest BCUT2D eigenvalue weighted by Gasteiger charge is 2.36. The van der Waals surface area contributed by atoms with Crippen LogP contribution < -0.4 is 9.47 Å². The van der Waals surface area contributed by atoms with E-state index in [1.54, 1.807) is 14.2 Å². The van der Waals surface area contributed by atoms with Gasteiger partial charge in [0.1, 0.15) is 0 Å². The highest BCUT2D eigenvalue weighted by atomic mass is 16.5. The molecule has 0 radical (unpaired) electrons. The van der Waals surface area contributed by atoms with Crippen molar-refractivity contribution in [3.8, 4) is 11.5 Å². The molecule has 2 atom stereocenters. The molecule has 2 aliphatic rings. The first-order chi connectivity index (χ1) is 15.1. The number of carbonyl (C=O) groups excluding carboxylic acids is 1. The highest BCUT2D eigenvalue weighted by molar-refractivity contribution is 5.79. The van der Waals surface area contributed by atoms with Gasteiger partial charge in [0.05, 0.1) is 26.8 Å². The largest absolute Gasteiger partial charge is 0.493 e. The maximum absolute atomic E-state index is 13.5. The molecule has 0 spiro atoms. The summed E-state index contributed by atoms with van der Waals surface area (Å²) < 4.78 is 10.9. The quantitative estimate of drug-likeness (QED) is 0.589. The maximum atomic E-state index is 13.5. The average molecular weight is 423 g/mol. The van der Waals surface area contributed by atoms with Gasteiger partial charge in [0.2, 0.25) is 5.91 Å². The summed E-state index contributed by atoms with van der Waals surface area (Å²) in [7, 11) is 3.30. The van der Waals surface area contributed by atoms with Crippen LogP contribution in [-0.4, -0.2) is 49.1 Å². The zero-order chi connectivity index (χ0) is 21.8. The Balaban J connectivity index is 1.49. The third-order valence-electron chi connectivity index (χ3n) is 6.81. The van der Waals surface area contributed by atoms with Crippen LogP contribution in [0.25, 0.3) is 0 Å². The maximum Gasteiger partial charge on any atom is 0.237 e. The Hall–Kier alpha value is -2.53. The van der Waals surface area contributed by atoms with Gasteiger partial charge in [-0.25, -0.2) is 0 Å². The number of hydrogen-bond acceptors (Lipinski definition) is 4. The monoisotopic (exact) mass is 422 g/mol. The van der Waals surface area contributed by atoms with Crippen LogP contribution >= 0.6 is 0 Å². The van der Waals surface area contributed by atoms with Gasteiger partial charge in [0.25, 0.3) is 0 Å². The number of likely N-dealkylation sites (tertiary alicyclic amines) is 1. The minimum Gasteiger partial charge on any atom is -0.493 e. The Labute approximate surface area is 185 Å². The van der Waals surface area contributed by atoms with Gasteiger partial charge in [0, 0.05) is 19.1 Å². The second kappa shape index (κ2) is 9.73. The Morgan fingerprint density at radius 3 is 2.48 bits per heavy atom. The van der Waals surface area contributed by atoms with Gasteiger partial charge < -0.3 is 14.4 Å². The zero-order valence-electron chi connectivity index (χ0n) is 18.9. The number of benzene rings is 2. The van der Waals surface area contributed by atoms with E-state index >= 15 is 0 Å². The summed E-state index contributed by atoms with van der Waals surface area (Å²) in [5.41, 5.74) is 2.38. The smallest absolute Gasteiger partial charge is 0.237 e. The van der Waals surface area contributed by atoms with Gasteiger partial charge >= 0.3 is 0 Å². The van der Waals surface area contributed by atoms with Crippen LogP contribution in [0.1, 0.15) is 49.8 Å². The van der Waals surface area contributed by atoms with Gasteiger partial charge in [-0.2, -0.15) is 0 Å². The normalized spacial score (nSPS) is 19.5. The first-order valence-corrected chi connectivity index (χ1v) is 11.4. The summed E-state index contributed by atoms with van der Waals surface area (Å²) in [5, 5.41) is 0. The van der Waals surface area contributed by atoms with E-state index in [-0.39, 0.29) is 11.9 Å². The van der Waals surface area contributed by atoms with Gasteiger partial charge in [-0.3, -0.25) is 9.69 Å². The molecular weight excluding hydrogens is 388 g/mol. The second-order valence-corrected chi connectivity index (χ2v) is 8.83. The van der Waals surface area contributed by atoms with Crippen LogP contribution in [0, 0.1) is 5.92 Å². The summed E-state index contributed by atoms with van der Waals surface area (Å²) in [6.45, 7) is 4.38.